The Morgan fingerprint density at radius 3 is 2.71 bits per heavy atom. The van der Waals surface area contributed by atoms with Crippen LogP contribution in [0.5, 0.6) is 0 Å². The number of aromatic nitrogens is 2. The molecule has 0 aliphatic heterocycles. The smallest absolute Gasteiger partial charge is 0.269 e. The van der Waals surface area contributed by atoms with Gasteiger partial charge in [0.15, 0.2) is 0 Å². The van der Waals surface area contributed by atoms with Crippen molar-refractivity contribution in [2.24, 2.45) is 0 Å². The van der Waals surface area contributed by atoms with Crippen molar-refractivity contribution in [2.45, 2.75) is 25.3 Å². The Hall–Kier alpha value is -1.98. The van der Waals surface area contributed by atoms with E-state index >= 15 is 0 Å². The van der Waals surface area contributed by atoms with Crippen molar-refractivity contribution >= 4 is 17.7 Å². The molecule has 1 aliphatic rings. The number of hydrazine groups is 1. The maximum Gasteiger partial charge on any atom is 0.269 e. The fourth-order valence-electron chi connectivity index (χ4n) is 2.25. The summed E-state index contributed by atoms with van der Waals surface area (Å²) in [5.74, 6) is 0.319. The van der Waals surface area contributed by atoms with Gasteiger partial charge in [-0.05, 0) is 29.9 Å². The molecule has 3 rings (SSSR count). The maximum absolute atomic E-state index is 12.0. The Morgan fingerprint density at radius 2 is 2.00 bits per heavy atom. The van der Waals surface area contributed by atoms with Gasteiger partial charge in [0.2, 0.25) is 0 Å². The van der Waals surface area contributed by atoms with Crippen molar-refractivity contribution in [1.29, 1.82) is 0 Å². The van der Waals surface area contributed by atoms with E-state index in [1.165, 1.54) is 41.7 Å². The first-order valence-electron chi connectivity index (χ1n) is 6.81. The molecule has 5 nitrogen and oxygen atoms in total. The van der Waals surface area contributed by atoms with Crippen molar-refractivity contribution < 1.29 is 4.79 Å². The molecule has 1 amide bonds. The summed E-state index contributed by atoms with van der Waals surface area (Å²) >= 11 is 6.12. The summed E-state index contributed by atoms with van der Waals surface area (Å²) in [7, 11) is 0. The first-order valence-corrected chi connectivity index (χ1v) is 7.15. The van der Waals surface area contributed by atoms with Gasteiger partial charge in [0.1, 0.15) is 6.33 Å². The van der Waals surface area contributed by atoms with Crippen LogP contribution in [-0.2, 0) is 6.54 Å². The molecular weight excluding hydrogens is 288 g/mol. The molecule has 0 spiro atoms. The van der Waals surface area contributed by atoms with E-state index in [0.29, 0.717) is 18.0 Å². The van der Waals surface area contributed by atoms with E-state index in [1.807, 2.05) is 18.2 Å². The minimum absolute atomic E-state index is 0.325. The summed E-state index contributed by atoms with van der Waals surface area (Å²) in [5.41, 5.74) is 5.44. The Balaban J connectivity index is 1.64. The molecule has 0 bridgehead atoms. The minimum atomic E-state index is -0.325. The molecular formula is C15H15ClN4O. The molecule has 1 fully saturated rings. The Labute approximate surface area is 128 Å². The lowest BCUT2D eigenvalue weighted by Gasteiger charge is -2.17. The lowest BCUT2D eigenvalue weighted by atomic mass is 10.0. The Bertz CT molecular complexity index is 631. The number of carbonyl (C=O) groups excluding carboxylic acids is 1. The molecule has 0 radical (unpaired) electrons. The van der Waals surface area contributed by atoms with Gasteiger partial charge in [-0.1, -0.05) is 24.3 Å². The summed E-state index contributed by atoms with van der Waals surface area (Å²) in [5, 5.41) is 0. The molecule has 1 aliphatic carbocycles. The maximum atomic E-state index is 12.0. The van der Waals surface area contributed by atoms with Crippen LogP contribution in [0.15, 0.2) is 43.0 Å². The van der Waals surface area contributed by atoms with Crippen LogP contribution in [0.25, 0.3) is 0 Å². The topological polar surface area (TPSA) is 58.1 Å². The van der Waals surface area contributed by atoms with E-state index in [2.05, 4.69) is 21.5 Å². The highest BCUT2D eigenvalue weighted by molar-refractivity contribution is 6.14. The molecule has 1 N–H and O–H groups in total. The quantitative estimate of drug-likeness (QED) is 0.681. The molecule has 1 saturated carbocycles. The number of nitrogens with one attached hydrogen (secondary N) is 1. The summed E-state index contributed by atoms with van der Waals surface area (Å²) < 4.78 is 1.27. The van der Waals surface area contributed by atoms with Gasteiger partial charge >= 0.3 is 0 Å². The van der Waals surface area contributed by atoms with Gasteiger partial charge in [0.05, 0.1) is 12.1 Å². The van der Waals surface area contributed by atoms with Crippen molar-refractivity contribution in [3.63, 3.8) is 0 Å². The highest BCUT2D eigenvalue weighted by Gasteiger charge is 2.26. The van der Waals surface area contributed by atoms with Crippen molar-refractivity contribution in [3.05, 3.63) is 59.7 Å². The minimum Gasteiger partial charge on any atom is -0.270 e. The molecule has 21 heavy (non-hydrogen) atoms. The molecule has 0 saturated heterocycles. The number of benzene rings is 1. The van der Waals surface area contributed by atoms with E-state index in [9.17, 15) is 4.79 Å². The van der Waals surface area contributed by atoms with E-state index in [0.717, 1.165) is 5.56 Å². The van der Waals surface area contributed by atoms with Crippen LogP contribution >= 0.6 is 11.8 Å². The summed E-state index contributed by atoms with van der Waals surface area (Å²) in [6.45, 7) is 0.452. The second kappa shape index (κ2) is 6.20. The first kappa shape index (κ1) is 14.0. The molecule has 108 valence electrons. The molecule has 2 aromatic rings. The second-order valence-corrected chi connectivity index (χ2v) is 5.47. The van der Waals surface area contributed by atoms with Gasteiger partial charge in [0, 0.05) is 24.2 Å². The number of rotatable bonds is 5. The number of hydrogen-bond acceptors (Lipinski definition) is 4. The molecule has 1 aromatic carbocycles. The van der Waals surface area contributed by atoms with Gasteiger partial charge in [-0.15, -0.1) is 4.53 Å². The highest BCUT2D eigenvalue weighted by Crippen LogP contribution is 2.41. The standard InChI is InChI=1S/C15H15ClN4O/c16-20(19-15(21)13-7-17-10-18-8-13)9-12-3-1-2-4-14(12)11-5-6-11/h1-4,7-8,10-11H,5-6,9H2,(H,19,21). The lowest BCUT2D eigenvalue weighted by molar-refractivity contribution is 0.0877. The molecule has 0 atom stereocenters. The monoisotopic (exact) mass is 302 g/mol. The third-order valence-corrected chi connectivity index (χ3v) is 3.63. The largest absolute Gasteiger partial charge is 0.270 e. The summed E-state index contributed by atoms with van der Waals surface area (Å²) in [6.07, 6.45) is 6.73. The van der Waals surface area contributed by atoms with Crippen LogP contribution in [0.3, 0.4) is 0 Å². The van der Waals surface area contributed by atoms with Crippen molar-refractivity contribution in [3.8, 4) is 0 Å². The van der Waals surface area contributed by atoms with Gasteiger partial charge in [-0.25, -0.2) is 9.97 Å². The van der Waals surface area contributed by atoms with Crippen LogP contribution in [0.4, 0.5) is 0 Å². The number of hydrogen-bond donors (Lipinski definition) is 1. The van der Waals surface area contributed by atoms with E-state index in [-0.39, 0.29) is 5.91 Å². The van der Waals surface area contributed by atoms with E-state index in [4.69, 9.17) is 11.8 Å². The van der Waals surface area contributed by atoms with Crippen LogP contribution in [0, 0.1) is 0 Å². The zero-order valence-corrected chi connectivity index (χ0v) is 12.1. The van der Waals surface area contributed by atoms with Crippen molar-refractivity contribution in [1.82, 2.24) is 19.9 Å². The summed E-state index contributed by atoms with van der Waals surface area (Å²) in [4.78, 5) is 19.6. The number of carbonyl (C=O) groups is 1. The number of amides is 1. The summed E-state index contributed by atoms with van der Waals surface area (Å²) in [6, 6.07) is 8.19. The van der Waals surface area contributed by atoms with E-state index in [1.54, 1.807) is 0 Å². The van der Waals surface area contributed by atoms with Gasteiger partial charge < -0.3 is 0 Å². The molecule has 0 unspecified atom stereocenters. The fraction of sp³-hybridized carbons (Fsp3) is 0.267. The normalized spacial score (nSPS) is 14.2. The van der Waals surface area contributed by atoms with Crippen LogP contribution in [0.2, 0.25) is 0 Å². The third kappa shape index (κ3) is 3.56. The lowest BCUT2D eigenvalue weighted by Crippen LogP contribution is -2.35. The van der Waals surface area contributed by atoms with Crippen LogP contribution in [-0.4, -0.2) is 20.4 Å². The van der Waals surface area contributed by atoms with Gasteiger partial charge in [-0.3, -0.25) is 10.2 Å². The van der Waals surface area contributed by atoms with Crippen molar-refractivity contribution in [2.75, 3.05) is 0 Å². The van der Waals surface area contributed by atoms with E-state index < -0.39 is 0 Å². The SMILES string of the molecule is O=C(NN(Cl)Cc1ccccc1C1CC1)c1cncnc1. The van der Waals surface area contributed by atoms with Crippen LogP contribution in [0.1, 0.15) is 40.2 Å². The van der Waals surface area contributed by atoms with Gasteiger partial charge in [-0.2, -0.15) is 0 Å². The average molecular weight is 303 g/mol. The molecule has 6 heteroatoms. The Kier molecular flexibility index (Phi) is 4.13. The predicted octanol–water partition coefficient (Wildman–Crippen LogP) is 2.65. The predicted molar refractivity (Wildman–Crippen MR) is 79.3 cm³/mol. The number of nitrogens with zero attached hydrogens (tertiary/aromatic N) is 3. The zero-order chi connectivity index (χ0) is 14.7. The highest BCUT2D eigenvalue weighted by atomic mass is 35.5. The van der Waals surface area contributed by atoms with Crippen LogP contribution < -0.4 is 5.43 Å². The zero-order valence-electron chi connectivity index (χ0n) is 11.4. The first-order chi connectivity index (χ1) is 10.2. The van der Waals surface area contributed by atoms with Gasteiger partial charge in [0.25, 0.3) is 5.91 Å². The fourth-order valence-corrected chi connectivity index (χ4v) is 2.46. The Morgan fingerprint density at radius 1 is 1.29 bits per heavy atom. The third-order valence-electron chi connectivity index (χ3n) is 3.43. The molecule has 1 aromatic heterocycles. The molecule has 1 heterocycles. The number of halogens is 1. The second-order valence-electron chi connectivity index (χ2n) is 5.06. The average Bonchev–Trinajstić information content (AvgIpc) is 3.33.